The van der Waals surface area contributed by atoms with Gasteiger partial charge in [-0.1, -0.05) is 44.9 Å². The highest BCUT2D eigenvalue weighted by Gasteiger charge is 2.27. The summed E-state index contributed by atoms with van der Waals surface area (Å²) in [6.45, 7) is 12.0. The van der Waals surface area contributed by atoms with Crippen LogP contribution in [0.15, 0.2) is 34.1 Å². The lowest BCUT2D eigenvalue weighted by Crippen LogP contribution is -2.18. The van der Waals surface area contributed by atoms with Crippen LogP contribution in [0.1, 0.15) is 75.0 Å². The average Bonchev–Trinajstić information content (AvgIpc) is 3.02. The Balaban J connectivity index is 0.000000858. The van der Waals surface area contributed by atoms with E-state index in [1.807, 2.05) is 25.1 Å². The Morgan fingerprint density at radius 1 is 1.35 bits per heavy atom. The molecule has 1 saturated carbocycles. The molecule has 1 aliphatic rings. The lowest BCUT2D eigenvalue weighted by Gasteiger charge is -2.26. The molecular formula is C25H31FN4O. The van der Waals surface area contributed by atoms with E-state index in [4.69, 9.17) is 4.98 Å². The van der Waals surface area contributed by atoms with E-state index in [-0.39, 0.29) is 16.9 Å². The van der Waals surface area contributed by atoms with Crippen LogP contribution < -0.4 is 5.56 Å². The predicted molar refractivity (Wildman–Crippen MR) is 127 cm³/mol. The number of aromatic nitrogens is 3. The highest BCUT2D eigenvalue weighted by molar-refractivity contribution is 5.83. The van der Waals surface area contributed by atoms with Crippen molar-refractivity contribution in [3.05, 3.63) is 63.1 Å². The molecule has 1 N–H and O–H groups in total. The maximum Gasteiger partial charge on any atom is 0.248 e. The van der Waals surface area contributed by atoms with Crippen molar-refractivity contribution >= 4 is 29.5 Å². The minimum atomic E-state index is -0.386. The zero-order valence-corrected chi connectivity index (χ0v) is 18.8. The fourth-order valence-electron chi connectivity index (χ4n) is 3.82. The highest BCUT2D eigenvalue weighted by atomic mass is 19.1. The van der Waals surface area contributed by atoms with E-state index in [1.54, 1.807) is 19.1 Å². The van der Waals surface area contributed by atoms with Crippen molar-refractivity contribution in [3.63, 3.8) is 0 Å². The molecule has 0 atom stereocenters. The number of halogens is 1. The Labute approximate surface area is 182 Å². The third-order valence-electron chi connectivity index (χ3n) is 5.52. The SMILES string of the molecule is C=Nc1nc(C2CCC2)n(Cc2cc(=O)[nH]c3c(F)c(C)ccc23)c1/C=C\C.CCC. The van der Waals surface area contributed by atoms with Gasteiger partial charge in [0.05, 0.1) is 17.8 Å². The minimum Gasteiger partial charge on any atom is -0.322 e. The zero-order chi connectivity index (χ0) is 22.5. The lowest BCUT2D eigenvalue weighted by molar-refractivity contribution is 0.390. The molecule has 6 heteroatoms. The summed E-state index contributed by atoms with van der Waals surface area (Å²) in [5.74, 6) is 1.55. The van der Waals surface area contributed by atoms with Gasteiger partial charge in [-0.05, 0) is 50.6 Å². The average molecular weight is 423 g/mol. The maximum absolute atomic E-state index is 14.6. The Morgan fingerprint density at radius 2 is 2.06 bits per heavy atom. The van der Waals surface area contributed by atoms with E-state index < -0.39 is 0 Å². The van der Waals surface area contributed by atoms with E-state index in [1.165, 1.54) is 12.8 Å². The van der Waals surface area contributed by atoms with Crippen molar-refractivity contribution < 1.29 is 4.39 Å². The van der Waals surface area contributed by atoms with Crippen molar-refractivity contribution in [2.45, 2.75) is 65.8 Å². The minimum absolute atomic E-state index is 0.252. The molecule has 0 radical (unpaired) electrons. The number of aryl methyl sites for hydroxylation is 1. The van der Waals surface area contributed by atoms with Crippen molar-refractivity contribution in [2.75, 3.05) is 0 Å². The van der Waals surface area contributed by atoms with Crippen LogP contribution in [-0.2, 0) is 6.54 Å². The van der Waals surface area contributed by atoms with Crippen LogP contribution >= 0.6 is 0 Å². The molecule has 4 rings (SSSR count). The first-order valence-corrected chi connectivity index (χ1v) is 11.0. The van der Waals surface area contributed by atoms with Crippen LogP contribution in [0.3, 0.4) is 0 Å². The maximum atomic E-state index is 14.6. The second-order valence-corrected chi connectivity index (χ2v) is 8.04. The number of allylic oxidation sites excluding steroid dienone is 1. The van der Waals surface area contributed by atoms with Gasteiger partial charge in [0.2, 0.25) is 5.56 Å². The number of pyridine rings is 1. The molecule has 0 saturated heterocycles. The first-order valence-electron chi connectivity index (χ1n) is 11.0. The number of H-pyrrole nitrogens is 1. The second-order valence-electron chi connectivity index (χ2n) is 8.04. The van der Waals surface area contributed by atoms with E-state index >= 15 is 0 Å². The van der Waals surface area contributed by atoms with Gasteiger partial charge in [0, 0.05) is 17.4 Å². The molecule has 0 unspecified atom stereocenters. The van der Waals surface area contributed by atoms with Crippen LogP contribution in [0.5, 0.6) is 0 Å². The van der Waals surface area contributed by atoms with Gasteiger partial charge in [0.25, 0.3) is 0 Å². The normalized spacial score (nSPS) is 13.8. The van der Waals surface area contributed by atoms with Crippen molar-refractivity contribution in [2.24, 2.45) is 4.99 Å². The van der Waals surface area contributed by atoms with Gasteiger partial charge in [0.15, 0.2) is 5.82 Å². The number of nitrogens with zero attached hydrogens (tertiary/aromatic N) is 3. The molecule has 1 aliphatic carbocycles. The molecule has 0 amide bonds. The molecule has 2 heterocycles. The first-order chi connectivity index (χ1) is 14.9. The molecular weight excluding hydrogens is 391 g/mol. The summed E-state index contributed by atoms with van der Waals surface area (Å²) in [4.78, 5) is 23.7. The number of hydrogen-bond donors (Lipinski definition) is 1. The predicted octanol–water partition coefficient (Wildman–Crippen LogP) is 6.27. The third kappa shape index (κ3) is 4.53. The van der Waals surface area contributed by atoms with Crippen LogP contribution in [0.2, 0.25) is 0 Å². The van der Waals surface area contributed by atoms with Crippen LogP contribution in [0.25, 0.3) is 17.0 Å². The first kappa shape index (κ1) is 22.7. The fourth-order valence-corrected chi connectivity index (χ4v) is 3.82. The summed E-state index contributed by atoms with van der Waals surface area (Å²) in [6.07, 6.45) is 8.51. The van der Waals surface area contributed by atoms with Gasteiger partial charge < -0.3 is 9.55 Å². The quantitative estimate of drug-likeness (QED) is 0.493. The van der Waals surface area contributed by atoms with E-state index in [9.17, 15) is 9.18 Å². The number of imidazole rings is 1. The third-order valence-corrected chi connectivity index (χ3v) is 5.52. The van der Waals surface area contributed by atoms with Gasteiger partial charge in [-0.3, -0.25) is 4.79 Å². The molecule has 1 fully saturated rings. The monoisotopic (exact) mass is 422 g/mol. The molecule has 0 bridgehead atoms. The van der Waals surface area contributed by atoms with Crippen molar-refractivity contribution in [1.29, 1.82) is 0 Å². The Kier molecular flexibility index (Phi) is 7.21. The van der Waals surface area contributed by atoms with Gasteiger partial charge in [-0.15, -0.1) is 0 Å². The molecule has 31 heavy (non-hydrogen) atoms. The highest BCUT2D eigenvalue weighted by Crippen LogP contribution is 2.39. The molecule has 3 aromatic rings. The Morgan fingerprint density at radius 3 is 2.65 bits per heavy atom. The Bertz CT molecular complexity index is 1170. The topological polar surface area (TPSA) is 63.0 Å². The van der Waals surface area contributed by atoms with Crippen molar-refractivity contribution in [1.82, 2.24) is 14.5 Å². The fraction of sp³-hybridized carbons (Fsp3) is 0.400. The number of hydrogen-bond acceptors (Lipinski definition) is 3. The number of nitrogens with one attached hydrogen (secondary N) is 1. The number of benzene rings is 1. The zero-order valence-electron chi connectivity index (χ0n) is 18.8. The van der Waals surface area contributed by atoms with Crippen molar-refractivity contribution in [3.8, 4) is 0 Å². The van der Waals surface area contributed by atoms with E-state index in [0.29, 0.717) is 29.2 Å². The molecule has 164 valence electrons. The second kappa shape index (κ2) is 9.86. The summed E-state index contributed by atoms with van der Waals surface area (Å²) in [5.41, 5.74) is 2.07. The summed E-state index contributed by atoms with van der Waals surface area (Å²) in [6, 6.07) is 5.15. The van der Waals surface area contributed by atoms with Gasteiger partial charge >= 0.3 is 0 Å². The lowest BCUT2D eigenvalue weighted by atomic mass is 9.84. The molecule has 0 spiro atoms. The van der Waals surface area contributed by atoms with E-state index in [0.717, 1.165) is 29.9 Å². The van der Waals surface area contributed by atoms with Gasteiger partial charge in [-0.2, -0.15) is 0 Å². The molecule has 5 nitrogen and oxygen atoms in total. The summed E-state index contributed by atoms with van der Waals surface area (Å²) in [5, 5.41) is 0.704. The standard InChI is InChI=1S/C22H23FN4O.C3H8/c1-4-6-17-21(24-3)26-22(14-7-5-8-14)27(17)12-15-11-18(28)25-20-16(15)10-9-13(2)19(20)23;1-3-2/h4,6,9-11,14H,3,5,7-8,12H2,1-2H3,(H,25,28);3H2,1-2H3/b6-4-;. The van der Waals surface area contributed by atoms with Crippen LogP contribution in [-0.4, -0.2) is 21.3 Å². The van der Waals surface area contributed by atoms with Gasteiger partial charge in [0.1, 0.15) is 11.6 Å². The summed E-state index contributed by atoms with van der Waals surface area (Å²) >= 11 is 0. The summed E-state index contributed by atoms with van der Waals surface area (Å²) in [7, 11) is 0. The molecule has 1 aromatic carbocycles. The Hall–Kier alpha value is -3.02. The number of aromatic amines is 1. The van der Waals surface area contributed by atoms with Crippen LogP contribution in [0, 0.1) is 12.7 Å². The summed E-state index contributed by atoms with van der Waals surface area (Å²) < 4.78 is 16.7. The number of fused-ring (bicyclic) bond motifs is 1. The smallest absolute Gasteiger partial charge is 0.248 e. The molecule has 2 aromatic heterocycles. The number of aliphatic imine (C=N–C) groups is 1. The number of rotatable bonds is 5. The largest absolute Gasteiger partial charge is 0.322 e. The van der Waals surface area contributed by atoms with Gasteiger partial charge in [-0.25, -0.2) is 14.4 Å². The van der Waals surface area contributed by atoms with Crippen LogP contribution in [0.4, 0.5) is 10.2 Å². The van der Waals surface area contributed by atoms with E-state index in [2.05, 4.69) is 35.1 Å². The molecule has 0 aliphatic heterocycles.